The maximum absolute atomic E-state index is 11.6. The van der Waals surface area contributed by atoms with Crippen molar-refractivity contribution in [1.29, 1.82) is 10.5 Å². The molecule has 0 aromatic heterocycles. The van der Waals surface area contributed by atoms with Crippen LogP contribution < -0.4 is 15.4 Å². The summed E-state index contributed by atoms with van der Waals surface area (Å²) in [5.41, 5.74) is 0.283. The van der Waals surface area contributed by atoms with Crippen LogP contribution in [-0.2, 0) is 9.59 Å². The number of nitrogens with one attached hydrogen (secondary N) is 2. The highest BCUT2D eigenvalue weighted by molar-refractivity contribution is 6.40. The van der Waals surface area contributed by atoms with Crippen molar-refractivity contribution >= 4 is 17.5 Å². The second-order valence-electron chi connectivity index (χ2n) is 3.29. The number of carbonyl (C=O) groups excluding carboxylic acids is 2. The van der Waals surface area contributed by atoms with Gasteiger partial charge in [-0.3, -0.25) is 9.59 Å². The lowest BCUT2D eigenvalue weighted by Gasteiger charge is -2.10. The first-order chi connectivity index (χ1) is 9.13. The van der Waals surface area contributed by atoms with E-state index in [9.17, 15) is 9.59 Å². The molecule has 0 aliphatic rings. The van der Waals surface area contributed by atoms with Crippen molar-refractivity contribution in [1.82, 2.24) is 5.32 Å². The van der Waals surface area contributed by atoms with Crippen molar-refractivity contribution in [2.45, 2.75) is 0 Å². The lowest BCUT2D eigenvalue weighted by atomic mass is 10.1. The fourth-order valence-electron chi connectivity index (χ4n) is 1.29. The van der Waals surface area contributed by atoms with Crippen LogP contribution in [0.25, 0.3) is 0 Å². The summed E-state index contributed by atoms with van der Waals surface area (Å²) in [6.45, 7) is -0.275. The maximum Gasteiger partial charge on any atom is 0.313 e. The number of hydrogen-bond acceptors (Lipinski definition) is 5. The summed E-state index contributed by atoms with van der Waals surface area (Å²) in [4.78, 5) is 22.9. The summed E-state index contributed by atoms with van der Waals surface area (Å²) in [7, 11) is 1.38. The summed E-state index contributed by atoms with van der Waals surface area (Å²) in [5.74, 6) is -1.67. The van der Waals surface area contributed by atoms with E-state index in [0.29, 0.717) is 0 Å². The molecule has 0 bridgehead atoms. The van der Waals surface area contributed by atoms with Gasteiger partial charge in [-0.1, -0.05) is 6.07 Å². The highest BCUT2D eigenvalue weighted by atomic mass is 16.5. The zero-order chi connectivity index (χ0) is 14.3. The maximum atomic E-state index is 11.6. The first kappa shape index (κ1) is 14.0. The lowest BCUT2D eigenvalue weighted by Crippen LogP contribution is -2.35. The van der Waals surface area contributed by atoms with E-state index in [1.54, 1.807) is 18.2 Å². The van der Waals surface area contributed by atoms with Gasteiger partial charge in [-0.2, -0.15) is 10.5 Å². The molecule has 96 valence electrons. The van der Waals surface area contributed by atoms with Gasteiger partial charge in [0.1, 0.15) is 24.1 Å². The highest BCUT2D eigenvalue weighted by Gasteiger charge is 2.17. The summed E-state index contributed by atoms with van der Waals surface area (Å²) in [5, 5.41) is 21.6. The number of anilines is 1. The number of hydrogen-bond donors (Lipinski definition) is 2. The number of carbonyl (C=O) groups is 2. The number of nitriles is 2. The van der Waals surface area contributed by atoms with E-state index in [4.69, 9.17) is 15.3 Å². The number of rotatable bonds is 3. The summed E-state index contributed by atoms with van der Waals surface area (Å²) < 4.78 is 5.00. The molecule has 0 saturated heterocycles. The largest absolute Gasteiger partial charge is 0.495 e. The fourth-order valence-corrected chi connectivity index (χ4v) is 1.29. The van der Waals surface area contributed by atoms with E-state index < -0.39 is 11.8 Å². The third-order valence-electron chi connectivity index (χ3n) is 2.14. The number of ether oxygens (including phenoxy) is 1. The number of nitrogens with zero attached hydrogens (tertiary/aromatic N) is 2. The Balaban J connectivity index is 2.94. The van der Waals surface area contributed by atoms with Crippen LogP contribution in [0.2, 0.25) is 0 Å². The first-order valence-electron chi connectivity index (χ1n) is 5.17. The Morgan fingerprint density at radius 3 is 2.63 bits per heavy atom. The molecule has 19 heavy (non-hydrogen) atoms. The summed E-state index contributed by atoms with van der Waals surface area (Å²) >= 11 is 0. The van der Waals surface area contributed by atoms with E-state index >= 15 is 0 Å². The Kier molecular flexibility index (Phi) is 4.88. The molecule has 0 unspecified atom stereocenters. The van der Waals surface area contributed by atoms with Crippen molar-refractivity contribution < 1.29 is 14.3 Å². The number of para-hydroxylation sites is 1. The monoisotopic (exact) mass is 258 g/mol. The van der Waals surface area contributed by atoms with Crippen LogP contribution in [0.15, 0.2) is 18.2 Å². The number of methoxy groups -OCH3 is 1. The molecule has 1 aromatic rings. The van der Waals surface area contributed by atoms with Gasteiger partial charge in [-0.15, -0.1) is 0 Å². The van der Waals surface area contributed by atoms with Gasteiger partial charge in [0, 0.05) is 0 Å². The molecule has 7 heteroatoms. The Morgan fingerprint density at radius 1 is 1.32 bits per heavy atom. The molecule has 1 rings (SSSR count). The van der Waals surface area contributed by atoms with Crippen LogP contribution in [0.1, 0.15) is 5.56 Å². The molecule has 0 aliphatic carbocycles. The van der Waals surface area contributed by atoms with Crippen LogP contribution in [-0.4, -0.2) is 25.5 Å². The van der Waals surface area contributed by atoms with Crippen molar-refractivity contribution in [3.8, 4) is 17.9 Å². The Hall–Kier alpha value is -3.06. The summed E-state index contributed by atoms with van der Waals surface area (Å²) in [6.07, 6.45) is 0. The van der Waals surface area contributed by atoms with Crippen LogP contribution in [0.4, 0.5) is 5.69 Å². The van der Waals surface area contributed by atoms with E-state index in [1.807, 2.05) is 6.07 Å². The van der Waals surface area contributed by atoms with Gasteiger partial charge < -0.3 is 15.4 Å². The van der Waals surface area contributed by atoms with Crippen molar-refractivity contribution in [2.24, 2.45) is 0 Å². The molecule has 0 aliphatic heterocycles. The van der Waals surface area contributed by atoms with Gasteiger partial charge in [-0.05, 0) is 12.1 Å². The molecule has 0 fully saturated rings. The van der Waals surface area contributed by atoms with Gasteiger partial charge in [0.25, 0.3) is 0 Å². The number of amides is 2. The van der Waals surface area contributed by atoms with Crippen molar-refractivity contribution in [3.05, 3.63) is 23.8 Å². The van der Waals surface area contributed by atoms with Crippen LogP contribution in [0.5, 0.6) is 5.75 Å². The Morgan fingerprint density at radius 2 is 2.05 bits per heavy atom. The molecule has 2 N–H and O–H groups in total. The first-order valence-corrected chi connectivity index (χ1v) is 5.17. The molecule has 0 atom stereocenters. The highest BCUT2D eigenvalue weighted by Crippen LogP contribution is 2.27. The van der Waals surface area contributed by atoms with Crippen LogP contribution in [0, 0.1) is 22.7 Å². The second-order valence-corrected chi connectivity index (χ2v) is 3.29. The standard InChI is InChI=1S/C12H10N4O3/c1-19-9-4-2-3-8(7-14)10(9)16-12(18)11(17)15-6-5-13/h2-4H,6H2,1H3,(H,15,17)(H,16,18). The quantitative estimate of drug-likeness (QED) is 0.591. The zero-order valence-corrected chi connectivity index (χ0v) is 10.1. The normalized spacial score (nSPS) is 8.79. The smallest absolute Gasteiger partial charge is 0.313 e. The van der Waals surface area contributed by atoms with Gasteiger partial charge >= 0.3 is 11.8 Å². The van der Waals surface area contributed by atoms with Gasteiger partial charge in [0.2, 0.25) is 0 Å². The fraction of sp³-hybridized carbons (Fsp3) is 0.167. The molecule has 0 spiro atoms. The predicted molar refractivity (Wildman–Crippen MR) is 65.0 cm³/mol. The van der Waals surface area contributed by atoms with Gasteiger partial charge in [-0.25, -0.2) is 0 Å². The third kappa shape index (κ3) is 3.45. The SMILES string of the molecule is COc1cccc(C#N)c1NC(=O)C(=O)NCC#N. The average Bonchev–Trinajstić information content (AvgIpc) is 2.44. The average molecular weight is 258 g/mol. The van der Waals surface area contributed by atoms with E-state index in [-0.39, 0.29) is 23.5 Å². The van der Waals surface area contributed by atoms with Crippen molar-refractivity contribution in [3.63, 3.8) is 0 Å². The van der Waals surface area contributed by atoms with Gasteiger partial charge in [0.05, 0.1) is 18.7 Å². The molecule has 0 heterocycles. The Bertz CT molecular complexity index is 584. The minimum Gasteiger partial charge on any atom is -0.495 e. The topological polar surface area (TPSA) is 115 Å². The molecular formula is C12H10N4O3. The summed E-state index contributed by atoms with van der Waals surface area (Å²) in [6, 6.07) is 8.16. The van der Waals surface area contributed by atoms with E-state index in [2.05, 4.69) is 10.6 Å². The molecule has 1 aromatic carbocycles. The third-order valence-corrected chi connectivity index (χ3v) is 2.14. The lowest BCUT2D eigenvalue weighted by molar-refractivity contribution is -0.136. The predicted octanol–water partition coefficient (Wildman–Crippen LogP) is 0.145. The second kappa shape index (κ2) is 6.62. The van der Waals surface area contributed by atoms with Crippen molar-refractivity contribution in [2.75, 3.05) is 19.0 Å². The van der Waals surface area contributed by atoms with Crippen LogP contribution >= 0.6 is 0 Å². The number of benzene rings is 1. The van der Waals surface area contributed by atoms with Crippen LogP contribution in [0.3, 0.4) is 0 Å². The minimum absolute atomic E-state index is 0.115. The zero-order valence-electron chi connectivity index (χ0n) is 10.1. The minimum atomic E-state index is -0.976. The van der Waals surface area contributed by atoms with E-state index in [1.165, 1.54) is 13.2 Å². The molecule has 0 saturated carbocycles. The molecule has 0 radical (unpaired) electrons. The van der Waals surface area contributed by atoms with Gasteiger partial charge in [0.15, 0.2) is 0 Å². The van der Waals surface area contributed by atoms with E-state index in [0.717, 1.165) is 0 Å². The Labute approximate surface area is 109 Å². The molecule has 7 nitrogen and oxygen atoms in total. The molecule has 2 amide bonds. The molecular weight excluding hydrogens is 248 g/mol.